The van der Waals surface area contributed by atoms with Gasteiger partial charge in [-0.1, -0.05) is 17.4 Å². The Morgan fingerprint density at radius 3 is 3.19 bits per heavy atom. The molecule has 0 saturated heterocycles. The summed E-state index contributed by atoms with van der Waals surface area (Å²) in [5.41, 5.74) is 5.18. The lowest BCUT2D eigenvalue weighted by Gasteiger charge is -2.16. The van der Waals surface area contributed by atoms with Crippen LogP contribution in [0.3, 0.4) is 0 Å². The summed E-state index contributed by atoms with van der Waals surface area (Å²) in [6, 6.07) is 6.01. The van der Waals surface area contributed by atoms with Gasteiger partial charge in [-0.25, -0.2) is 9.98 Å². The van der Waals surface area contributed by atoms with Gasteiger partial charge in [0.25, 0.3) is 0 Å². The number of hydroxylamine groups is 1. The molecule has 1 heterocycles. The van der Waals surface area contributed by atoms with Gasteiger partial charge in [0.05, 0.1) is 5.69 Å². The van der Waals surface area contributed by atoms with Crippen molar-refractivity contribution in [2.75, 3.05) is 13.9 Å². The lowest BCUT2D eigenvalue weighted by Crippen LogP contribution is -2.04. The zero-order valence-corrected chi connectivity index (χ0v) is 12.3. The molecule has 7 heteroatoms. The molecule has 110 valence electrons. The van der Waals surface area contributed by atoms with Gasteiger partial charge in [-0.05, 0) is 30.5 Å². The Morgan fingerprint density at radius 2 is 2.38 bits per heavy atom. The van der Waals surface area contributed by atoms with Crippen LogP contribution in [-0.4, -0.2) is 30.4 Å². The number of thiazole rings is 1. The van der Waals surface area contributed by atoms with Crippen molar-refractivity contribution in [2.45, 2.75) is 12.8 Å². The first-order chi connectivity index (χ1) is 10.3. The lowest BCUT2D eigenvalue weighted by molar-refractivity contribution is 0.0511. The molecule has 21 heavy (non-hydrogen) atoms. The van der Waals surface area contributed by atoms with Crippen LogP contribution >= 0.6 is 11.3 Å². The fraction of sp³-hybridized carbons (Fsp3) is 0.286. The molecule has 0 amide bonds. The number of nitrogens with one attached hydrogen (secondary N) is 1. The van der Waals surface area contributed by atoms with Gasteiger partial charge in [-0.3, -0.25) is 10.7 Å². The molecule has 0 bridgehead atoms. The molecule has 1 aromatic heterocycles. The number of aliphatic imine (C=N–C) groups is 1. The Labute approximate surface area is 126 Å². The minimum absolute atomic E-state index is 0.223. The number of aryl methyl sites for hydroxylation is 2. The van der Waals surface area contributed by atoms with E-state index < -0.39 is 0 Å². The van der Waals surface area contributed by atoms with Gasteiger partial charge in [0.1, 0.15) is 12.1 Å². The van der Waals surface area contributed by atoms with Gasteiger partial charge in [-0.2, -0.15) is 0 Å². The molecule has 0 saturated carbocycles. The first-order valence-electron chi connectivity index (χ1n) is 6.48. The summed E-state index contributed by atoms with van der Waals surface area (Å²) in [4.78, 5) is 9.78. The zero-order valence-electron chi connectivity index (χ0n) is 11.5. The maximum absolute atomic E-state index is 8.56. The van der Waals surface area contributed by atoms with Gasteiger partial charge in [-0.15, -0.1) is 0 Å². The van der Waals surface area contributed by atoms with Gasteiger partial charge in [0.2, 0.25) is 5.13 Å². The largest absolute Gasteiger partial charge is 0.468 e. The van der Waals surface area contributed by atoms with Crippen molar-refractivity contribution >= 4 is 22.8 Å². The Kier molecular flexibility index (Phi) is 4.14. The third-order valence-corrected chi connectivity index (χ3v) is 4.24. The molecule has 0 radical (unpaired) electrons. The molecular weight excluding hydrogens is 290 g/mol. The highest BCUT2D eigenvalue weighted by Crippen LogP contribution is 2.40. The zero-order chi connectivity index (χ0) is 14.7. The lowest BCUT2D eigenvalue weighted by atomic mass is 9.93. The van der Waals surface area contributed by atoms with Gasteiger partial charge in [0.15, 0.2) is 6.79 Å². The van der Waals surface area contributed by atoms with E-state index in [1.54, 1.807) is 7.11 Å². The highest BCUT2D eigenvalue weighted by molar-refractivity contribution is 7.15. The van der Waals surface area contributed by atoms with Gasteiger partial charge in [0, 0.05) is 17.6 Å². The van der Waals surface area contributed by atoms with E-state index in [4.69, 9.17) is 14.7 Å². The molecule has 0 spiro atoms. The molecular formula is C14H15N3O3S. The average molecular weight is 305 g/mol. The fourth-order valence-electron chi connectivity index (χ4n) is 2.32. The van der Waals surface area contributed by atoms with Crippen LogP contribution in [0.25, 0.3) is 11.3 Å². The van der Waals surface area contributed by atoms with Crippen molar-refractivity contribution in [3.8, 4) is 17.0 Å². The SMILES string of the molecule is COCOc1ccc2c(c1)-c1nc(/N=C/NO)sc1CC2. The summed E-state index contributed by atoms with van der Waals surface area (Å²) in [5, 5.41) is 9.18. The first-order valence-corrected chi connectivity index (χ1v) is 7.30. The summed E-state index contributed by atoms with van der Waals surface area (Å²) in [6.45, 7) is 0.223. The number of nitrogens with zero attached hydrogens (tertiary/aromatic N) is 2. The molecule has 1 aliphatic rings. The molecule has 0 atom stereocenters. The molecule has 0 fully saturated rings. The summed E-state index contributed by atoms with van der Waals surface area (Å²) in [6.07, 6.45) is 3.15. The maximum Gasteiger partial charge on any atom is 0.211 e. The summed E-state index contributed by atoms with van der Waals surface area (Å²) in [5.74, 6) is 0.763. The summed E-state index contributed by atoms with van der Waals surface area (Å²) < 4.78 is 10.4. The Hall–Kier alpha value is -1.96. The van der Waals surface area contributed by atoms with Crippen LogP contribution in [0.4, 0.5) is 5.13 Å². The molecule has 1 aliphatic carbocycles. The van der Waals surface area contributed by atoms with Crippen LogP contribution in [0.1, 0.15) is 10.4 Å². The normalized spacial score (nSPS) is 13.0. The van der Waals surface area contributed by atoms with Crippen LogP contribution in [0, 0.1) is 0 Å². The molecule has 2 aromatic rings. The molecule has 0 unspecified atom stereocenters. The van der Waals surface area contributed by atoms with E-state index in [9.17, 15) is 0 Å². The average Bonchev–Trinajstić information content (AvgIpc) is 2.94. The standard InChI is InChI=1S/C14H15N3O3S/c1-19-8-20-10-4-2-9-3-5-12-13(11(9)6-10)17-14(21-12)15-7-16-18/h2,4,6-7,18H,3,5,8H2,1H3,(H,15,16,17). The maximum atomic E-state index is 8.56. The third-order valence-electron chi connectivity index (χ3n) is 3.22. The predicted molar refractivity (Wildman–Crippen MR) is 80.5 cm³/mol. The van der Waals surface area contributed by atoms with Crippen LogP contribution in [0.15, 0.2) is 23.2 Å². The minimum Gasteiger partial charge on any atom is -0.468 e. The molecule has 2 N–H and O–H groups in total. The van der Waals surface area contributed by atoms with E-state index in [1.807, 2.05) is 17.6 Å². The van der Waals surface area contributed by atoms with Crippen LogP contribution in [0.5, 0.6) is 5.75 Å². The molecule has 0 aliphatic heterocycles. The highest BCUT2D eigenvalue weighted by Gasteiger charge is 2.21. The number of ether oxygens (including phenoxy) is 2. The van der Waals surface area contributed by atoms with Gasteiger partial charge < -0.3 is 9.47 Å². The van der Waals surface area contributed by atoms with E-state index in [2.05, 4.69) is 16.0 Å². The van der Waals surface area contributed by atoms with Crippen molar-refractivity contribution in [3.63, 3.8) is 0 Å². The second-order valence-electron chi connectivity index (χ2n) is 4.53. The van der Waals surface area contributed by atoms with Crippen LogP contribution < -0.4 is 10.2 Å². The number of methoxy groups -OCH3 is 1. The van der Waals surface area contributed by atoms with E-state index in [0.29, 0.717) is 5.13 Å². The van der Waals surface area contributed by atoms with Gasteiger partial charge >= 0.3 is 0 Å². The topological polar surface area (TPSA) is 76.0 Å². The van der Waals surface area contributed by atoms with E-state index in [0.717, 1.165) is 29.8 Å². The second-order valence-corrected chi connectivity index (χ2v) is 5.59. The fourth-order valence-corrected chi connectivity index (χ4v) is 3.24. The summed E-state index contributed by atoms with van der Waals surface area (Å²) in [7, 11) is 1.59. The highest BCUT2D eigenvalue weighted by atomic mass is 32.1. The summed E-state index contributed by atoms with van der Waals surface area (Å²) >= 11 is 1.54. The van der Waals surface area contributed by atoms with Crippen molar-refractivity contribution in [1.29, 1.82) is 0 Å². The van der Waals surface area contributed by atoms with Crippen LogP contribution in [-0.2, 0) is 17.6 Å². The van der Waals surface area contributed by atoms with Crippen LogP contribution in [0.2, 0.25) is 0 Å². The monoisotopic (exact) mass is 305 g/mol. The van der Waals surface area contributed by atoms with E-state index in [-0.39, 0.29) is 6.79 Å². The first kappa shape index (κ1) is 14.0. The van der Waals surface area contributed by atoms with Crippen molar-refractivity contribution < 1.29 is 14.7 Å². The quantitative estimate of drug-likeness (QED) is 0.384. The van der Waals surface area contributed by atoms with Crippen molar-refractivity contribution in [3.05, 3.63) is 28.6 Å². The van der Waals surface area contributed by atoms with E-state index in [1.165, 1.54) is 28.1 Å². The predicted octanol–water partition coefficient (Wildman–Crippen LogP) is 2.53. The van der Waals surface area contributed by atoms with E-state index >= 15 is 0 Å². The Balaban J connectivity index is 1.95. The Morgan fingerprint density at radius 1 is 1.48 bits per heavy atom. The molecule has 3 rings (SSSR count). The minimum atomic E-state index is 0.223. The third kappa shape index (κ3) is 2.90. The number of hydrogen-bond acceptors (Lipinski definition) is 6. The molecule has 1 aromatic carbocycles. The number of fused-ring (bicyclic) bond motifs is 3. The number of hydrogen-bond donors (Lipinski definition) is 2. The second kappa shape index (κ2) is 6.21. The molecule has 6 nitrogen and oxygen atoms in total. The van der Waals surface area contributed by atoms with Crippen molar-refractivity contribution in [2.24, 2.45) is 4.99 Å². The van der Waals surface area contributed by atoms with Crippen molar-refractivity contribution in [1.82, 2.24) is 10.5 Å². The number of aromatic nitrogens is 1. The number of rotatable bonds is 5. The number of benzene rings is 1. The Bertz CT molecular complexity index is 669. The smallest absolute Gasteiger partial charge is 0.211 e.